The fourth-order valence-corrected chi connectivity index (χ4v) is 5.92. The Morgan fingerprint density at radius 3 is 2.29 bits per heavy atom. The van der Waals surface area contributed by atoms with Crippen LogP contribution in [-0.2, 0) is 19.6 Å². The van der Waals surface area contributed by atoms with Gasteiger partial charge in [0.05, 0.1) is 9.82 Å². The van der Waals surface area contributed by atoms with E-state index in [2.05, 4.69) is 5.32 Å². The fraction of sp³-hybridized carbons (Fsp3) is 0.571. The van der Waals surface area contributed by atoms with Crippen LogP contribution in [0.4, 0.5) is 10.5 Å². The first-order valence-corrected chi connectivity index (χ1v) is 12.7. The smallest absolute Gasteiger partial charge is 0.325 e. The number of carbonyl (C=O) groups is 3. The van der Waals surface area contributed by atoms with Gasteiger partial charge in [-0.2, -0.15) is 4.31 Å². The molecule has 1 N–H and O–H groups in total. The quantitative estimate of drug-likeness (QED) is 0.308. The number of non-ortho nitro benzene ring substituents is 1. The van der Waals surface area contributed by atoms with Crippen LogP contribution in [0.1, 0.15) is 39.5 Å². The number of nitro benzene ring substituents is 1. The van der Waals surface area contributed by atoms with Crippen LogP contribution < -0.4 is 5.32 Å². The molecule has 186 valence electrons. The molecular weight excluding hydrogens is 466 g/mol. The SMILES string of the molecule is CCCC1(CCC)NC(=O)N(CC(=O)N2CCN(S(=O)(=O)c3cccc([N+](=O)[O-])c3)CC2)C1=O. The lowest BCUT2D eigenvalue weighted by Crippen LogP contribution is -2.53. The van der Waals surface area contributed by atoms with Crippen molar-refractivity contribution in [2.75, 3.05) is 32.7 Å². The van der Waals surface area contributed by atoms with E-state index in [1.54, 1.807) is 0 Å². The number of hydrogen-bond donors (Lipinski definition) is 1. The van der Waals surface area contributed by atoms with Gasteiger partial charge in [0.1, 0.15) is 12.1 Å². The molecule has 2 aliphatic heterocycles. The Kier molecular flexibility index (Phi) is 7.56. The summed E-state index contributed by atoms with van der Waals surface area (Å²) in [5.41, 5.74) is -1.31. The molecule has 0 atom stereocenters. The Labute approximate surface area is 198 Å². The molecular formula is C21H29N5O7S. The maximum absolute atomic E-state index is 13.0. The van der Waals surface area contributed by atoms with Gasteiger partial charge in [-0.3, -0.25) is 24.6 Å². The molecule has 0 unspecified atom stereocenters. The minimum atomic E-state index is -3.97. The highest BCUT2D eigenvalue weighted by molar-refractivity contribution is 7.89. The third kappa shape index (κ3) is 4.89. The molecule has 13 heteroatoms. The number of imide groups is 1. The minimum Gasteiger partial charge on any atom is -0.338 e. The Balaban J connectivity index is 1.64. The van der Waals surface area contributed by atoms with E-state index in [1.807, 2.05) is 13.8 Å². The number of sulfonamides is 1. The first kappa shape index (κ1) is 25.6. The molecule has 0 bridgehead atoms. The lowest BCUT2D eigenvalue weighted by molar-refractivity contribution is -0.385. The van der Waals surface area contributed by atoms with Gasteiger partial charge in [0, 0.05) is 38.3 Å². The maximum Gasteiger partial charge on any atom is 0.325 e. The predicted molar refractivity (Wildman–Crippen MR) is 121 cm³/mol. The summed E-state index contributed by atoms with van der Waals surface area (Å²) in [4.78, 5) is 50.8. The molecule has 34 heavy (non-hydrogen) atoms. The molecule has 0 aliphatic carbocycles. The van der Waals surface area contributed by atoms with E-state index >= 15 is 0 Å². The van der Waals surface area contributed by atoms with Crippen LogP contribution in [0.2, 0.25) is 0 Å². The molecule has 0 saturated carbocycles. The maximum atomic E-state index is 13.0. The van der Waals surface area contributed by atoms with Crippen LogP contribution in [0.25, 0.3) is 0 Å². The van der Waals surface area contributed by atoms with E-state index in [1.165, 1.54) is 23.1 Å². The van der Waals surface area contributed by atoms with Crippen molar-refractivity contribution in [3.05, 3.63) is 34.4 Å². The van der Waals surface area contributed by atoms with Crippen molar-refractivity contribution >= 4 is 33.6 Å². The van der Waals surface area contributed by atoms with Crippen molar-refractivity contribution in [1.29, 1.82) is 0 Å². The van der Waals surface area contributed by atoms with Crippen LogP contribution in [0.5, 0.6) is 0 Å². The summed E-state index contributed by atoms with van der Waals surface area (Å²) in [5.74, 6) is -0.846. The molecule has 0 aromatic heterocycles. The summed E-state index contributed by atoms with van der Waals surface area (Å²) in [5, 5.41) is 13.7. The molecule has 2 aliphatic rings. The number of benzene rings is 1. The predicted octanol–water partition coefficient (Wildman–Crippen LogP) is 1.32. The fourth-order valence-electron chi connectivity index (χ4n) is 4.46. The van der Waals surface area contributed by atoms with Crippen LogP contribution in [0.3, 0.4) is 0 Å². The highest BCUT2D eigenvalue weighted by atomic mass is 32.2. The van der Waals surface area contributed by atoms with Gasteiger partial charge in [-0.1, -0.05) is 32.8 Å². The molecule has 3 rings (SSSR count). The molecule has 1 aromatic rings. The second kappa shape index (κ2) is 10.1. The van der Waals surface area contributed by atoms with Gasteiger partial charge in [-0.25, -0.2) is 13.2 Å². The third-order valence-corrected chi connectivity index (χ3v) is 8.05. The van der Waals surface area contributed by atoms with Gasteiger partial charge in [-0.15, -0.1) is 0 Å². The van der Waals surface area contributed by atoms with Crippen LogP contribution in [0, 0.1) is 10.1 Å². The number of amides is 4. The number of nitrogens with zero attached hydrogens (tertiary/aromatic N) is 4. The van der Waals surface area contributed by atoms with Gasteiger partial charge in [-0.05, 0) is 18.9 Å². The van der Waals surface area contributed by atoms with Gasteiger partial charge >= 0.3 is 6.03 Å². The molecule has 0 spiro atoms. The van der Waals surface area contributed by atoms with Gasteiger partial charge in [0.2, 0.25) is 15.9 Å². The van der Waals surface area contributed by atoms with Gasteiger partial charge in [0.15, 0.2) is 0 Å². The first-order chi connectivity index (χ1) is 16.1. The Hall–Kier alpha value is -3.06. The monoisotopic (exact) mass is 495 g/mol. The normalized spacial score (nSPS) is 18.8. The number of hydrogen-bond acceptors (Lipinski definition) is 7. The van der Waals surface area contributed by atoms with E-state index < -0.39 is 44.9 Å². The van der Waals surface area contributed by atoms with Crippen LogP contribution in [0.15, 0.2) is 29.2 Å². The van der Waals surface area contributed by atoms with Crippen molar-refractivity contribution in [2.24, 2.45) is 0 Å². The summed E-state index contributed by atoms with van der Waals surface area (Å²) >= 11 is 0. The summed E-state index contributed by atoms with van der Waals surface area (Å²) in [7, 11) is -3.97. The minimum absolute atomic E-state index is 0.00743. The molecule has 2 fully saturated rings. The topological polar surface area (TPSA) is 150 Å². The van der Waals surface area contributed by atoms with Crippen molar-refractivity contribution in [1.82, 2.24) is 19.4 Å². The lowest BCUT2D eigenvalue weighted by Gasteiger charge is -2.34. The van der Waals surface area contributed by atoms with E-state index in [0.717, 1.165) is 15.3 Å². The number of rotatable bonds is 9. The number of piperazine rings is 1. The Morgan fingerprint density at radius 1 is 1.12 bits per heavy atom. The van der Waals surface area contributed by atoms with E-state index in [4.69, 9.17) is 0 Å². The zero-order valence-electron chi connectivity index (χ0n) is 19.2. The standard InChI is InChI=1S/C21H29N5O7S/c1-3-8-21(9-4-2)19(28)25(20(29)22-21)15-18(27)23-10-12-24(13-11-23)34(32,33)17-7-5-6-16(14-17)26(30)31/h5-7,14H,3-4,8-13,15H2,1-2H3,(H,22,29). The van der Waals surface area contributed by atoms with Crippen LogP contribution in [-0.4, -0.2) is 83.6 Å². The summed E-state index contributed by atoms with van der Waals surface area (Å²) < 4.78 is 26.9. The Bertz CT molecular complexity index is 1080. The molecule has 1 aromatic carbocycles. The lowest BCUT2D eigenvalue weighted by atomic mass is 9.88. The van der Waals surface area contributed by atoms with E-state index in [9.17, 15) is 32.9 Å². The molecule has 4 amide bonds. The largest absolute Gasteiger partial charge is 0.338 e. The summed E-state index contributed by atoms with van der Waals surface area (Å²) in [6.07, 6.45) is 2.39. The average Bonchev–Trinajstić information content (AvgIpc) is 3.03. The second-order valence-electron chi connectivity index (χ2n) is 8.44. The zero-order chi connectivity index (χ0) is 25.1. The summed E-state index contributed by atoms with van der Waals surface area (Å²) in [6.45, 7) is 3.57. The molecule has 0 radical (unpaired) electrons. The number of urea groups is 1. The van der Waals surface area contributed by atoms with Crippen LogP contribution >= 0.6 is 0 Å². The Morgan fingerprint density at radius 2 is 1.74 bits per heavy atom. The van der Waals surface area contributed by atoms with Crippen molar-refractivity contribution in [3.8, 4) is 0 Å². The highest BCUT2D eigenvalue weighted by Crippen LogP contribution is 2.28. The summed E-state index contributed by atoms with van der Waals surface area (Å²) in [6, 6.07) is 4.22. The average molecular weight is 496 g/mol. The van der Waals surface area contributed by atoms with E-state index in [-0.39, 0.29) is 36.8 Å². The van der Waals surface area contributed by atoms with Crippen molar-refractivity contribution in [2.45, 2.75) is 50.0 Å². The number of carbonyl (C=O) groups excluding carboxylic acids is 3. The molecule has 2 saturated heterocycles. The third-order valence-electron chi connectivity index (χ3n) is 6.15. The van der Waals surface area contributed by atoms with Gasteiger partial charge < -0.3 is 10.2 Å². The van der Waals surface area contributed by atoms with E-state index in [0.29, 0.717) is 25.7 Å². The molecule has 2 heterocycles. The number of nitro groups is 1. The van der Waals surface area contributed by atoms with Gasteiger partial charge in [0.25, 0.3) is 11.6 Å². The first-order valence-electron chi connectivity index (χ1n) is 11.2. The number of nitrogens with one attached hydrogen (secondary N) is 1. The zero-order valence-corrected chi connectivity index (χ0v) is 20.0. The van der Waals surface area contributed by atoms with Crippen molar-refractivity contribution in [3.63, 3.8) is 0 Å². The highest BCUT2D eigenvalue weighted by Gasteiger charge is 2.50. The molecule has 12 nitrogen and oxygen atoms in total. The second-order valence-corrected chi connectivity index (χ2v) is 10.4. The van der Waals surface area contributed by atoms with Crippen molar-refractivity contribution < 1.29 is 27.7 Å².